The van der Waals surface area contributed by atoms with Crippen molar-refractivity contribution in [3.05, 3.63) is 21.9 Å². The average molecular weight is 185 g/mol. The van der Waals surface area contributed by atoms with Crippen LogP contribution in [0.2, 0.25) is 0 Å². The smallest absolute Gasteiger partial charge is 0.359 e. The van der Waals surface area contributed by atoms with Gasteiger partial charge in [-0.05, 0) is 17.0 Å². The summed E-state index contributed by atoms with van der Waals surface area (Å²) in [5, 5.41) is 20.2. The molecular formula is C7H5O4S. The summed E-state index contributed by atoms with van der Waals surface area (Å²) < 4.78 is 0. The van der Waals surface area contributed by atoms with Crippen LogP contribution in [0.5, 0.6) is 0 Å². The lowest BCUT2D eigenvalue weighted by molar-refractivity contribution is -0.142. The van der Waals surface area contributed by atoms with E-state index in [0.29, 0.717) is 5.56 Å². The normalized spacial score (nSPS) is 9.67. The predicted molar refractivity (Wildman–Crippen MR) is 40.7 cm³/mol. The Morgan fingerprint density at radius 2 is 2.17 bits per heavy atom. The van der Waals surface area contributed by atoms with E-state index >= 15 is 0 Å². The van der Waals surface area contributed by atoms with Crippen molar-refractivity contribution in [2.24, 2.45) is 0 Å². The zero-order valence-corrected chi connectivity index (χ0v) is 6.76. The van der Waals surface area contributed by atoms with Crippen molar-refractivity contribution in [1.82, 2.24) is 0 Å². The van der Waals surface area contributed by atoms with E-state index in [4.69, 9.17) is 5.11 Å². The lowest BCUT2D eigenvalue weighted by Crippen LogP contribution is -2.03. The van der Waals surface area contributed by atoms with Gasteiger partial charge in [0.2, 0.25) is 0 Å². The number of aromatic carboxylic acids is 1. The fraction of sp³-hybridized carbons (Fsp3) is 0.143. The Bertz CT molecular complexity index is 315. The molecule has 12 heavy (non-hydrogen) atoms. The minimum atomic E-state index is -1.27. The summed E-state index contributed by atoms with van der Waals surface area (Å²) in [7, 11) is 0. The van der Waals surface area contributed by atoms with Gasteiger partial charge in [0.1, 0.15) is 4.88 Å². The second kappa shape index (κ2) is 3.36. The molecule has 0 amide bonds. The molecule has 1 aromatic heterocycles. The molecule has 1 N–H and O–H groups in total. The summed E-state index contributed by atoms with van der Waals surface area (Å²) in [5.41, 5.74) is 0.299. The number of rotatable bonds is 3. The number of carboxylic acid groups (broad SMARTS) is 1. The van der Waals surface area contributed by atoms with E-state index in [1.54, 1.807) is 5.38 Å². The molecule has 1 rings (SSSR count). The molecule has 1 heterocycles. The molecule has 0 aliphatic rings. The van der Waals surface area contributed by atoms with E-state index in [1.807, 2.05) is 0 Å². The molecule has 0 aliphatic carbocycles. The van der Waals surface area contributed by atoms with E-state index in [9.17, 15) is 14.7 Å². The standard InChI is InChI=1S/C7H5O4S/c8-5(9)3-4-1-2-12-6(4)7(10)11/h1-2H,3H2,(H,10,11). The van der Waals surface area contributed by atoms with Gasteiger partial charge < -0.3 is 5.11 Å². The topological polar surface area (TPSA) is 74.3 Å². The summed E-state index contributed by atoms with van der Waals surface area (Å²) in [6.07, 6.45) is -0.342. The van der Waals surface area contributed by atoms with E-state index in [2.05, 4.69) is 0 Å². The van der Waals surface area contributed by atoms with Gasteiger partial charge in [-0.3, -0.25) is 0 Å². The number of carbonyl (C=O) groups excluding carboxylic acids is 1. The third kappa shape index (κ3) is 1.82. The van der Waals surface area contributed by atoms with Crippen LogP contribution in [0.4, 0.5) is 0 Å². The van der Waals surface area contributed by atoms with Crippen molar-refractivity contribution in [2.75, 3.05) is 0 Å². The predicted octanol–water partition coefficient (Wildman–Crippen LogP) is 0.946. The van der Waals surface area contributed by atoms with Crippen LogP contribution in [0.1, 0.15) is 15.2 Å². The van der Waals surface area contributed by atoms with Gasteiger partial charge in [0.25, 0.3) is 0 Å². The monoisotopic (exact) mass is 185 g/mol. The van der Waals surface area contributed by atoms with Crippen molar-refractivity contribution in [2.45, 2.75) is 6.42 Å². The molecule has 0 atom stereocenters. The van der Waals surface area contributed by atoms with Gasteiger partial charge >= 0.3 is 11.9 Å². The molecule has 0 fully saturated rings. The SMILES string of the molecule is [O]C(=O)Cc1ccsc1C(=O)O. The highest BCUT2D eigenvalue weighted by atomic mass is 32.1. The van der Waals surface area contributed by atoms with Crippen LogP contribution in [-0.4, -0.2) is 17.0 Å². The minimum Gasteiger partial charge on any atom is -0.477 e. The van der Waals surface area contributed by atoms with E-state index in [0.717, 1.165) is 11.3 Å². The van der Waals surface area contributed by atoms with Crippen LogP contribution >= 0.6 is 11.3 Å². The third-order valence-electron chi connectivity index (χ3n) is 1.28. The van der Waals surface area contributed by atoms with E-state index in [-0.39, 0.29) is 11.3 Å². The fourth-order valence-corrected chi connectivity index (χ4v) is 1.58. The van der Waals surface area contributed by atoms with Crippen LogP contribution in [-0.2, 0) is 16.3 Å². The molecule has 0 aromatic carbocycles. The molecule has 63 valence electrons. The second-order valence-electron chi connectivity index (χ2n) is 2.13. The Morgan fingerprint density at radius 3 is 2.67 bits per heavy atom. The minimum absolute atomic E-state index is 0.0687. The van der Waals surface area contributed by atoms with Crippen molar-refractivity contribution in [3.8, 4) is 0 Å². The maximum Gasteiger partial charge on any atom is 0.359 e. The molecule has 0 spiro atoms. The highest BCUT2D eigenvalue weighted by molar-refractivity contribution is 7.12. The molecule has 0 unspecified atom stereocenters. The molecule has 1 aromatic rings. The highest BCUT2D eigenvalue weighted by Gasteiger charge is 2.14. The van der Waals surface area contributed by atoms with E-state index < -0.39 is 11.9 Å². The van der Waals surface area contributed by atoms with Crippen LogP contribution in [0.15, 0.2) is 11.4 Å². The number of carboxylic acids is 1. The van der Waals surface area contributed by atoms with Gasteiger partial charge in [-0.2, -0.15) is 0 Å². The first-order chi connectivity index (χ1) is 5.61. The van der Waals surface area contributed by atoms with Crippen molar-refractivity contribution in [3.63, 3.8) is 0 Å². The molecule has 4 nitrogen and oxygen atoms in total. The van der Waals surface area contributed by atoms with E-state index in [1.165, 1.54) is 6.07 Å². The molecule has 1 radical (unpaired) electrons. The Kier molecular flexibility index (Phi) is 2.44. The molecule has 0 saturated carbocycles. The summed E-state index contributed by atoms with van der Waals surface area (Å²) in [6.45, 7) is 0. The number of carbonyl (C=O) groups is 2. The molecular weight excluding hydrogens is 180 g/mol. The first-order valence-corrected chi connectivity index (χ1v) is 3.98. The lowest BCUT2D eigenvalue weighted by Gasteiger charge is -1.92. The largest absolute Gasteiger partial charge is 0.477 e. The Labute approximate surface area is 72.1 Å². The molecule has 0 bridgehead atoms. The highest BCUT2D eigenvalue weighted by Crippen LogP contribution is 2.17. The Hall–Kier alpha value is -1.36. The number of hydrogen-bond donors (Lipinski definition) is 1. The number of hydrogen-bond acceptors (Lipinski definition) is 3. The third-order valence-corrected chi connectivity index (χ3v) is 2.22. The van der Waals surface area contributed by atoms with Crippen molar-refractivity contribution >= 4 is 23.3 Å². The van der Waals surface area contributed by atoms with Crippen LogP contribution in [0.3, 0.4) is 0 Å². The molecule has 0 aliphatic heterocycles. The lowest BCUT2D eigenvalue weighted by atomic mass is 10.2. The summed E-state index contributed by atoms with van der Waals surface area (Å²) in [6, 6.07) is 1.48. The van der Waals surface area contributed by atoms with Crippen LogP contribution in [0.25, 0.3) is 0 Å². The first kappa shape index (κ1) is 8.73. The van der Waals surface area contributed by atoms with Gasteiger partial charge in [-0.15, -0.1) is 11.3 Å². The summed E-state index contributed by atoms with van der Waals surface area (Å²) in [5.74, 6) is -2.36. The number of thiophene rings is 1. The van der Waals surface area contributed by atoms with Gasteiger partial charge in [-0.1, -0.05) is 0 Å². The Morgan fingerprint density at radius 1 is 1.50 bits per heavy atom. The first-order valence-electron chi connectivity index (χ1n) is 3.10. The molecule has 0 saturated heterocycles. The van der Waals surface area contributed by atoms with Gasteiger partial charge in [0.05, 0.1) is 6.42 Å². The summed E-state index contributed by atoms with van der Waals surface area (Å²) in [4.78, 5) is 20.7. The zero-order valence-electron chi connectivity index (χ0n) is 5.94. The van der Waals surface area contributed by atoms with Crippen molar-refractivity contribution < 1.29 is 19.8 Å². The zero-order chi connectivity index (χ0) is 9.14. The summed E-state index contributed by atoms with van der Waals surface area (Å²) >= 11 is 1.01. The van der Waals surface area contributed by atoms with Gasteiger partial charge in [-0.25, -0.2) is 14.7 Å². The Balaban J connectivity index is 2.91. The molecule has 5 heteroatoms. The van der Waals surface area contributed by atoms with Gasteiger partial charge in [0, 0.05) is 0 Å². The van der Waals surface area contributed by atoms with Gasteiger partial charge in [0.15, 0.2) is 0 Å². The maximum atomic E-state index is 10.5. The van der Waals surface area contributed by atoms with Crippen LogP contribution in [0, 0.1) is 0 Å². The maximum absolute atomic E-state index is 10.5. The van der Waals surface area contributed by atoms with Crippen molar-refractivity contribution in [1.29, 1.82) is 0 Å². The average Bonchev–Trinajstić information content (AvgIpc) is 2.33. The fourth-order valence-electron chi connectivity index (χ4n) is 0.818. The van der Waals surface area contributed by atoms with Crippen LogP contribution < -0.4 is 0 Å². The quantitative estimate of drug-likeness (QED) is 0.761. The second-order valence-corrected chi connectivity index (χ2v) is 3.05.